The Morgan fingerprint density at radius 3 is 3.00 bits per heavy atom. The highest BCUT2D eigenvalue weighted by Crippen LogP contribution is 2.24. The van der Waals surface area contributed by atoms with Gasteiger partial charge in [0.25, 0.3) is 0 Å². The molecule has 2 nitrogen and oxygen atoms in total. The van der Waals surface area contributed by atoms with Gasteiger partial charge in [-0.1, -0.05) is 11.6 Å². The molecular weight excluding hydrogens is 243 g/mol. The lowest BCUT2D eigenvalue weighted by Gasteiger charge is -2.33. The van der Waals surface area contributed by atoms with E-state index in [0.717, 1.165) is 31.2 Å². The van der Waals surface area contributed by atoms with Crippen molar-refractivity contribution in [1.29, 1.82) is 0 Å². The summed E-state index contributed by atoms with van der Waals surface area (Å²) < 4.78 is 0. The van der Waals surface area contributed by atoms with Gasteiger partial charge in [-0.25, -0.2) is 4.98 Å². The fourth-order valence-electron chi connectivity index (χ4n) is 2.22. The van der Waals surface area contributed by atoms with Gasteiger partial charge in [0.2, 0.25) is 0 Å². The van der Waals surface area contributed by atoms with Gasteiger partial charge in [-0.05, 0) is 37.3 Å². The minimum atomic E-state index is 0.693. The molecule has 0 aromatic carbocycles. The van der Waals surface area contributed by atoms with Gasteiger partial charge in [-0.3, -0.25) is 0 Å². The van der Waals surface area contributed by atoms with Crippen molar-refractivity contribution in [3.8, 4) is 0 Å². The van der Waals surface area contributed by atoms with Crippen LogP contribution in [-0.2, 0) is 0 Å². The van der Waals surface area contributed by atoms with Crippen LogP contribution in [-0.4, -0.2) is 24.0 Å². The van der Waals surface area contributed by atoms with E-state index in [-0.39, 0.29) is 0 Å². The summed E-state index contributed by atoms with van der Waals surface area (Å²) in [4.78, 5) is 6.69. The summed E-state index contributed by atoms with van der Waals surface area (Å²) in [5.74, 6) is 2.50. The van der Waals surface area contributed by atoms with Gasteiger partial charge >= 0.3 is 0 Å². The highest BCUT2D eigenvalue weighted by Gasteiger charge is 2.20. The number of nitrogens with zero attached hydrogens (tertiary/aromatic N) is 2. The third-order valence-electron chi connectivity index (χ3n) is 3.07. The van der Waals surface area contributed by atoms with Crippen LogP contribution in [0, 0.1) is 5.92 Å². The average Bonchev–Trinajstić information content (AvgIpc) is 2.31. The maximum atomic E-state index is 5.83. The highest BCUT2D eigenvalue weighted by atomic mass is 35.5. The Morgan fingerprint density at radius 2 is 2.31 bits per heavy atom. The molecule has 16 heavy (non-hydrogen) atoms. The van der Waals surface area contributed by atoms with Gasteiger partial charge in [0.15, 0.2) is 0 Å². The Balaban J connectivity index is 2.01. The third kappa shape index (κ3) is 3.02. The maximum absolute atomic E-state index is 5.83. The van der Waals surface area contributed by atoms with E-state index in [1.165, 1.54) is 12.8 Å². The fourth-order valence-corrected chi connectivity index (χ4v) is 2.64. The largest absolute Gasteiger partial charge is 0.356 e. The van der Waals surface area contributed by atoms with Crippen LogP contribution in [0.3, 0.4) is 0 Å². The van der Waals surface area contributed by atoms with E-state index in [0.29, 0.717) is 10.9 Å². The second kappa shape index (κ2) is 5.74. The molecule has 88 valence electrons. The smallest absolute Gasteiger partial charge is 0.128 e. The highest BCUT2D eigenvalue weighted by molar-refractivity contribution is 6.30. The minimum absolute atomic E-state index is 0.693. The first-order valence-corrected chi connectivity index (χ1v) is 6.63. The fraction of sp³-hybridized carbons (Fsp3) is 0.583. The van der Waals surface area contributed by atoms with E-state index in [2.05, 4.69) is 9.88 Å². The zero-order valence-electron chi connectivity index (χ0n) is 9.20. The summed E-state index contributed by atoms with van der Waals surface area (Å²) >= 11 is 11.6. The molecule has 4 heteroatoms. The molecule has 0 radical (unpaired) electrons. The Kier molecular flexibility index (Phi) is 4.30. The van der Waals surface area contributed by atoms with Gasteiger partial charge in [0, 0.05) is 25.2 Å². The van der Waals surface area contributed by atoms with Crippen molar-refractivity contribution in [1.82, 2.24) is 4.98 Å². The van der Waals surface area contributed by atoms with E-state index in [9.17, 15) is 0 Å². The van der Waals surface area contributed by atoms with Gasteiger partial charge < -0.3 is 4.90 Å². The molecule has 0 N–H and O–H groups in total. The van der Waals surface area contributed by atoms with Gasteiger partial charge in [0.1, 0.15) is 5.82 Å². The van der Waals surface area contributed by atoms with Gasteiger partial charge in [-0.2, -0.15) is 0 Å². The summed E-state index contributed by atoms with van der Waals surface area (Å²) in [6.45, 7) is 2.16. The molecule has 1 saturated heterocycles. The Bertz CT molecular complexity index is 324. The maximum Gasteiger partial charge on any atom is 0.128 e. The summed E-state index contributed by atoms with van der Waals surface area (Å²) in [5, 5.41) is 0.693. The van der Waals surface area contributed by atoms with Crippen LogP contribution < -0.4 is 4.90 Å². The molecule has 2 heterocycles. The third-order valence-corrected chi connectivity index (χ3v) is 3.51. The van der Waals surface area contributed by atoms with Crippen LogP contribution in [0.5, 0.6) is 0 Å². The monoisotopic (exact) mass is 258 g/mol. The summed E-state index contributed by atoms with van der Waals surface area (Å²) in [6.07, 6.45) is 5.33. The molecule has 0 amide bonds. The van der Waals surface area contributed by atoms with Crippen molar-refractivity contribution in [3.05, 3.63) is 23.4 Å². The number of hydrogen-bond donors (Lipinski definition) is 0. The summed E-state index contributed by atoms with van der Waals surface area (Å²) in [5.41, 5.74) is 0. The normalized spacial score (nSPS) is 21.1. The number of piperidine rings is 1. The molecule has 1 atom stereocenters. The Hall–Kier alpha value is -0.470. The molecule has 1 fully saturated rings. The van der Waals surface area contributed by atoms with Gasteiger partial charge in [0.05, 0.1) is 5.02 Å². The molecule has 0 spiro atoms. The number of anilines is 1. The predicted molar refractivity (Wildman–Crippen MR) is 69.5 cm³/mol. The van der Waals surface area contributed by atoms with Crippen LogP contribution in [0.4, 0.5) is 5.82 Å². The van der Waals surface area contributed by atoms with E-state index in [4.69, 9.17) is 23.2 Å². The van der Waals surface area contributed by atoms with Gasteiger partial charge in [-0.15, -0.1) is 11.6 Å². The molecule has 1 aromatic heterocycles. The van der Waals surface area contributed by atoms with Crippen molar-refractivity contribution in [2.24, 2.45) is 5.92 Å². The number of alkyl halides is 1. The van der Waals surface area contributed by atoms with E-state index < -0.39 is 0 Å². The number of aromatic nitrogens is 1. The molecule has 2 rings (SSSR count). The van der Waals surface area contributed by atoms with Crippen molar-refractivity contribution in [2.75, 3.05) is 23.9 Å². The quantitative estimate of drug-likeness (QED) is 0.771. The second-order valence-electron chi connectivity index (χ2n) is 4.27. The first-order valence-electron chi connectivity index (χ1n) is 5.72. The first kappa shape index (κ1) is 12.0. The number of hydrogen-bond acceptors (Lipinski definition) is 2. The van der Waals surface area contributed by atoms with Crippen LogP contribution in [0.25, 0.3) is 0 Å². The molecule has 1 unspecified atom stereocenters. The number of rotatable bonds is 3. The molecule has 0 aliphatic carbocycles. The zero-order valence-corrected chi connectivity index (χ0v) is 10.7. The molecular formula is C12H16Cl2N2. The Labute approximate surface area is 107 Å². The van der Waals surface area contributed by atoms with Crippen LogP contribution in [0.1, 0.15) is 19.3 Å². The predicted octanol–water partition coefficient (Wildman–Crippen LogP) is 3.58. The van der Waals surface area contributed by atoms with Crippen molar-refractivity contribution >= 4 is 29.0 Å². The zero-order chi connectivity index (χ0) is 11.4. The molecule has 0 saturated carbocycles. The van der Waals surface area contributed by atoms with Crippen LogP contribution in [0.2, 0.25) is 5.02 Å². The van der Waals surface area contributed by atoms with Crippen molar-refractivity contribution in [3.63, 3.8) is 0 Å². The topological polar surface area (TPSA) is 16.1 Å². The summed E-state index contributed by atoms with van der Waals surface area (Å²) in [6, 6.07) is 3.89. The van der Waals surface area contributed by atoms with Crippen LogP contribution in [0.15, 0.2) is 18.3 Å². The lowest BCUT2D eigenvalue weighted by molar-refractivity contribution is 0.404. The molecule has 1 aromatic rings. The van der Waals surface area contributed by atoms with E-state index >= 15 is 0 Å². The summed E-state index contributed by atoms with van der Waals surface area (Å²) in [7, 11) is 0. The first-order chi connectivity index (χ1) is 7.79. The standard InChI is InChI=1S/C12H16Cl2N2/c13-6-5-10-2-1-7-16(9-10)12-4-3-11(14)8-15-12/h3-4,8,10H,1-2,5-7,9H2. The average molecular weight is 259 g/mol. The second-order valence-corrected chi connectivity index (χ2v) is 5.08. The molecule has 0 bridgehead atoms. The number of halogens is 2. The van der Waals surface area contributed by atoms with Crippen molar-refractivity contribution < 1.29 is 0 Å². The number of pyridine rings is 1. The van der Waals surface area contributed by atoms with E-state index in [1.54, 1.807) is 6.20 Å². The lowest BCUT2D eigenvalue weighted by atomic mass is 9.95. The molecule has 1 aliphatic rings. The van der Waals surface area contributed by atoms with E-state index in [1.807, 2.05) is 12.1 Å². The molecule has 1 aliphatic heterocycles. The Morgan fingerprint density at radius 1 is 1.44 bits per heavy atom. The van der Waals surface area contributed by atoms with Crippen LogP contribution >= 0.6 is 23.2 Å². The van der Waals surface area contributed by atoms with Crippen molar-refractivity contribution in [2.45, 2.75) is 19.3 Å². The lowest BCUT2D eigenvalue weighted by Crippen LogP contribution is -2.36. The minimum Gasteiger partial charge on any atom is -0.356 e. The SMILES string of the molecule is ClCCC1CCCN(c2ccc(Cl)cn2)C1.